The molecule has 1 heterocycles. The van der Waals surface area contributed by atoms with Crippen molar-refractivity contribution in [2.24, 2.45) is 0 Å². The fourth-order valence-electron chi connectivity index (χ4n) is 4.10. The highest BCUT2D eigenvalue weighted by Crippen LogP contribution is 2.43. The van der Waals surface area contributed by atoms with Gasteiger partial charge >= 0.3 is 0 Å². The fraction of sp³-hybridized carbons (Fsp3) is 0.154. The number of carbonyl (C=O) groups excluding carboxylic acids is 2. The van der Waals surface area contributed by atoms with Crippen LogP contribution in [0.2, 0.25) is 0 Å². The standard InChI is InChI=1S/C26H21F2NO4/c1-14-13-21(33-3)15(2)12-19(14)24(30)22-23(18-6-4-5-7-20(18)28)29(26(32)25(22)31)17-10-8-16(27)9-11-17/h4-13,23,30H,1-3H3/b24-22+. The van der Waals surface area contributed by atoms with E-state index in [1.807, 2.05) is 0 Å². The minimum absolute atomic E-state index is 0.0328. The summed E-state index contributed by atoms with van der Waals surface area (Å²) < 4.78 is 33.7. The van der Waals surface area contributed by atoms with Crippen LogP contribution in [0, 0.1) is 25.5 Å². The largest absolute Gasteiger partial charge is 0.507 e. The summed E-state index contributed by atoms with van der Waals surface area (Å²) >= 11 is 0. The average Bonchev–Trinajstić information content (AvgIpc) is 3.06. The highest BCUT2D eigenvalue weighted by atomic mass is 19.1. The predicted octanol–water partition coefficient (Wildman–Crippen LogP) is 5.22. The molecule has 1 amide bonds. The zero-order valence-corrected chi connectivity index (χ0v) is 18.2. The van der Waals surface area contributed by atoms with Crippen LogP contribution in [0.15, 0.2) is 66.2 Å². The molecule has 0 radical (unpaired) electrons. The molecule has 0 spiro atoms. The topological polar surface area (TPSA) is 66.8 Å². The van der Waals surface area contributed by atoms with Gasteiger partial charge < -0.3 is 9.84 Å². The van der Waals surface area contributed by atoms with E-state index in [4.69, 9.17) is 4.74 Å². The Balaban J connectivity index is 1.99. The summed E-state index contributed by atoms with van der Waals surface area (Å²) in [5.74, 6) is -2.90. The lowest BCUT2D eigenvalue weighted by Crippen LogP contribution is -2.29. The molecule has 1 aliphatic heterocycles. The molecule has 1 N–H and O–H groups in total. The molecule has 0 bridgehead atoms. The van der Waals surface area contributed by atoms with Crippen LogP contribution in [-0.2, 0) is 9.59 Å². The highest BCUT2D eigenvalue weighted by Gasteiger charge is 2.48. The number of benzene rings is 3. The zero-order chi connectivity index (χ0) is 23.9. The van der Waals surface area contributed by atoms with Gasteiger partial charge in [0.15, 0.2) is 0 Å². The second-order valence-electron chi connectivity index (χ2n) is 7.80. The van der Waals surface area contributed by atoms with Crippen molar-refractivity contribution in [1.82, 2.24) is 0 Å². The maximum atomic E-state index is 14.9. The normalized spacial score (nSPS) is 17.5. The van der Waals surface area contributed by atoms with Gasteiger partial charge in [-0.05, 0) is 67.4 Å². The number of ketones is 1. The molecular formula is C26H21F2NO4. The van der Waals surface area contributed by atoms with Crippen LogP contribution >= 0.6 is 0 Å². The number of aliphatic hydroxyl groups is 1. The molecule has 1 atom stereocenters. The number of amides is 1. The summed E-state index contributed by atoms with van der Waals surface area (Å²) in [6, 6.07) is 12.8. The molecule has 1 aliphatic rings. The second kappa shape index (κ2) is 8.50. The van der Waals surface area contributed by atoms with Gasteiger partial charge in [-0.25, -0.2) is 8.78 Å². The third-order valence-electron chi connectivity index (χ3n) is 5.75. The molecule has 7 heteroatoms. The molecule has 3 aromatic carbocycles. The highest BCUT2D eigenvalue weighted by molar-refractivity contribution is 6.51. The van der Waals surface area contributed by atoms with E-state index in [9.17, 15) is 23.5 Å². The summed E-state index contributed by atoms with van der Waals surface area (Å²) in [6.45, 7) is 3.51. The Kier molecular flexibility index (Phi) is 5.72. The van der Waals surface area contributed by atoms with Crippen LogP contribution < -0.4 is 9.64 Å². The number of aryl methyl sites for hydroxylation is 2. The Labute approximate surface area is 189 Å². The summed E-state index contributed by atoms with van der Waals surface area (Å²) in [5.41, 5.74) is 1.63. The first-order valence-electron chi connectivity index (χ1n) is 10.2. The van der Waals surface area contributed by atoms with Crippen molar-refractivity contribution in [3.8, 4) is 5.75 Å². The Hall–Kier alpha value is -4.00. The second-order valence-corrected chi connectivity index (χ2v) is 7.80. The molecule has 3 aromatic rings. The number of halogens is 2. The number of ether oxygens (including phenoxy) is 1. The van der Waals surface area contributed by atoms with E-state index in [1.54, 1.807) is 32.0 Å². The van der Waals surface area contributed by atoms with E-state index in [0.717, 1.165) is 17.0 Å². The minimum atomic E-state index is -1.24. The van der Waals surface area contributed by atoms with Crippen LogP contribution in [-0.4, -0.2) is 23.9 Å². The molecule has 0 saturated carbocycles. The van der Waals surface area contributed by atoms with Crippen LogP contribution in [0.5, 0.6) is 5.75 Å². The lowest BCUT2D eigenvalue weighted by atomic mass is 9.92. The molecule has 168 valence electrons. The maximum Gasteiger partial charge on any atom is 0.300 e. The number of carbonyl (C=O) groups is 2. The number of anilines is 1. The molecule has 33 heavy (non-hydrogen) atoms. The van der Waals surface area contributed by atoms with Gasteiger partial charge in [-0.3, -0.25) is 14.5 Å². The van der Waals surface area contributed by atoms with E-state index in [-0.39, 0.29) is 16.8 Å². The van der Waals surface area contributed by atoms with Crippen molar-refractivity contribution in [2.45, 2.75) is 19.9 Å². The molecule has 4 rings (SSSR count). The molecule has 0 aromatic heterocycles. The Bertz CT molecular complexity index is 1300. The van der Waals surface area contributed by atoms with Crippen molar-refractivity contribution in [2.75, 3.05) is 12.0 Å². The number of nitrogens with zero attached hydrogens (tertiary/aromatic N) is 1. The smallest absolute Gasteiger partial charge is 0.300 e. The van der Waals surface area contributed by atoms with Crippen molar-refractivity contribution in [1.29, 1.82) is 0 Å². The first kappa shape index (κ1) is 22.2. The monoisotopic (exact) mass is 449 g/mol. The quantitative estimate of drug-likeness (QED) is 0.337. The molecule has 1 fully saturated rings. The average molecular weight is 449 g/mol. The molecule has 1 unspecified atom stereocenters. The van der Waals surface area contributed by atoms with Gasteiger partial charge in [-0.2, -0.15) is 0 Å². The molecule has 5 nitrogen and oxygen atoms in total. The van der Waals surface area contributed by atoms with Gasteiger partial charge in [0.05, 0.1) is 18.7 Å². The first-order valence-corrected chi connectivity index (χ1v) is 10.2. The van der Waals surface area contributed by atoms with Crippen molar-refractivity contribution in [3.63, 3.8) is 0 Å². The van der Waals surface area contributed by atoms with Crippen molar-refractivity contribution >= 4 is 23.1 Å². The third kappa shape index (κ3) is 3.75. The van der Waals surface area contributed by atoms with Crippen LogP contribution in [0.3, 0.4) is 0 Å². The van der Waals surface area contributed by atoms with Gasteiger partial charge in [0, 0.05) is 16.8 Å². The van der Waals surface area contributed by atoms with Gasteiger partial charge in [0.2, 0.25) is 0 Å². The number of hydrogen-bond donors (Lipinski definition) is 1. The lowest BCUT2D eigenvalue weighted by molar-refractivity contribution is -0.132. The van der Waals surface area contributed by atoms with Crippen LogP contribution in [0.1, 0.15) is 28.3 Å². The first-order chi connectivity index (χ1) is 15.7. The molecule has 0 aliphatic carbocycles. The number of rotatable bonds is 4. The Morgan fingerprint density at radius 2 is 1.64 bits per heavy atom. The molecular weight excluding hydrogens is 428 g/mol. The van der Waals surface area contributed by atoms with Crippen molar-refractivity contribution < 1.29 is 28.2 Å². The number of Topliss-reactive ketones (excluding diaryl/α,β-unsaturated/α-hetero) is 1. The van der Waals surface area contributed by atoms with Gasteiger partial charge in [0.25, 0.3) is 11.7 Å². The SMILES string of the molecule is COc1cc(C)c(/C(O)=C2\C(=O)C(=O)N(c3ccc(F)cc3)C2c2ccccc2F)cc1C. The summed E-state index contributed by atoms with van der Waals surface area (Å²) in [4.78, 5) is 27.3. The molecule has 1 saturated heterocycles. The van der Waals surface area contributed by atoms with E-state index in [1.165, 1.54) is 37.4 Å². The predicted molar refractivity (Wildman–Crippen MR) is 120 cm³/mol. The lowest BCUT2D eigenvalue weighted by Gasteiger charge is -2.26. The maximum absolute atomic E-state index is 14.9. The minimum Gasteiger partial charge on any atom is -0.507 e. The number of methoxy groups -OCH3 is 1. The van der Waals surface area contributed by atoms with E-state index >= 15 is 0 Å². The summed E-state index contributed by atoms with van der Waals surface area (Å²) in [6.07, 6.45) is 0. The Morgan fingerprint density at radius 1 is 0.970 bits per heavy atom. The van der Waals surface area contributed by atoms with E-state index in [0.29, 0.717) is 22.4 Å². The van der Waals surface area contributed by atoms with Gasteiger partial charge in [0.1, 0.15) is 23.1 Å². The zero-order valence-electron chi connectivity index (χ0n) is 18.2. The van der Waals surface area contributed by atoms with E-state index < -0.39 is 35.1 Å². The Morgan fingerprint density at radius 3 is 2.27 bits per heavy atom. The number of hydrogen-bond acceptors (Lipinski definition) is 4. The summed E-state index contributed by atoms with van der Waals surface area (Å²) in [7, 11) is 1.52. The fourth-order valence-corrected chi connectivity index (χ4v) is 4.10. The van der Waals surface area contributed by atoms with Crippen LogP contribution in [0.4, 0.5) is 14.5 Å². The third-order valence-corrected chi connectivity index (χ3v) is 5.75. The van der Waals surface area contributed by atoms with Crippen molar-refractivity contribution in [3.05, 3.63) is 100 Å². The number of aliphatic hydroxyl groups excluding tert-OH is 1. The van der Waals surface area contributed by atoms with Crippen LogP contribution in [0.25, 0.3) is 5.76 Å². The van der Waals surface area contributed by atoms with Gasteiger partial charge in [-0.1, -0.05) is 18.2 Å². The summed E-state index contributed by atoms with van der Waals surface area (Å²) in [5, 5.41) is 11.3. The van der Waals surface area contributed by atoms with E-state index in [2.05, 4.69) is 0 Å². The van der Waals surface area contributed by atoms with Gasteiger partial charge in [-0.15, -0.1) is 0 Å².